The van der Waals surface area contributed by atoms with Crippen LogP contribution in [-0.4, -0.2) is 7.11 Å². The van der Waals surface area contributed by atoms with Gasteiger partial charge >= 0.3 is 0 Å². The standard InChI is InChI=1S/C14H11BrF2O2/c1-18-11-4-2-9(13(17)7-11)8-19-14-6-10(16)3-5-12(14)15/h2-7H,8H2,1H3. The highest BCUT2D eigenvalue weighted by molar-refractivity contribution is 9.10. The summed E-state index contributed by atoms with van der Waals surface area (Å²) in [6.07, 6.45) is 0. The summed E-state index contributed by atoms with van der Waals surface area (Å²) in [5, 5.41) is 0. The van der Waals surface area contributed by atoms with Crippen LogP contribution in [0.1, 0.15) is 5.56 Å². The SMILES string of the molecule is COc1ccc(COc2cc(F)ccc2Br)c(F)c1. The van der Waals surface area contributed by atoms with E-state index < -0.39 is 11.6 Å². The first-order chi connectivity index (χ1) is 9.10. The van der Waals surface area contributed by atoms with Crippen molar-refractivity contribution in [3.8, 4) is 11.5 Å². The Bertz CT molecular complexity index is 588. The molecule has 0 aliphatic heterocycles. The summed E-state index contributed by atoms with van der Waals surface area (Å²) in [5.74, 6) is -0.0660. The molecule has 0 radical (unpaired) electrons. The second kappa shape index (κ2) is 6.02. The minimum atomic E-state index is -0.424. The molecule has 19 heavy (non-hydrogen) atoms. The molecule has 0 heterocycles. The number of methoxy groups -OCH3 is 1. The number of hydrogen-bond donors (Lipinski definition) is 0. The van der Waals surface area contributed by atoms with Crippen LogP contribution < -0.4 is 9.47 Å². The van der Waals surface area contributed by atoms with Crippen LogP contribution in [0, 0.1) is 11.6 Å². The molecule has 100 valence electrons. The predicted octanol–water partition coefficient (Wildman–Crippen LogP) is 4.31. The molecule has 5 heteroatoms. The van der Waals surface area contributed by atoms with E-state index in [1.54, 1.807) is 12.1 Å². The van der Waals surface area contributed by atoms with Crippen molar-refractivity contribution < 1.29 is 18.3 Å². The molecule has 0 aromatic heterocycles. The summed E-state index contributed by atoms with van der Waals surface area (Å²) in [4.78, 5) is 0. The van der Waals surface area contributed by atoms with Crippen LogP contribution in [0.5, 0.6) is 11.5 Å². The van der Waals surface area contributed by atoms with Crippen LogP contribution in [0.4, 0.5) is 8.78 Å². The lowest BCUT2D eigenvalue weighted by atomic mass is 10.2. The number of hydrogen-bond acceptors (Lipinski definition) is 2. The molecule has 0 saturated carbocycles. The maximum absolute atomic E-state index is 13.7. The Labute approximate surface area is 118 Å². The van der Waals surface area contributed by atoms with E-state index in [1.807, 2.05) is 0 Å². The molecule has 0 spiro atoms. The Balaban J connectivity index is 2.12. The normalized spacial score (nSPS) is 10.3. The van der Waals surface area contributed by atoms with Gasteiger partial charge in [-0.15, -0.1) is 0 Å². The minimum absolute atomic E-state index is 0.0118. The predicted molar refractivity (Wildman–Crippen MR) is 71.4 cm³/mol. The number of ether oxygens (including phenoxy) is 2. The van der Waals surface area contributed by atoms with Gasteiger partial charge in [0.1, 0.15) is 29.7 Å². The molecule has 2 aromatic rings. The molecule has 0 fully saturated rings. The monoisotopic (exact) mass is 328 g/mol. The summed E-state index contributed by atoms with van der Waals surface area (Å²) in [6, 6.07) is 8.58. The zero-order chi connectivity index (χ0) is 13.8. The Kier molecular flexibility index (Phi) is 4.37. The zero-order valence-corrected chi connectivity index (χ0v) is 11.7. The molecule has 2 rings (SSSR count). The van der Waals surface area contributed by atoms with Crippen molar-refractivity contribution in [1.82, 2.24) is 0 Å². The highest BCUT2D eigenvalue weighted by atomic mass is 79.9. The summed E-state index contributed by atoms with van der Waals surface area (Å²) in [6.45, 7) is 0.0118. The van der Waals surface area contributed by atoms with Crippen molar-refractivity contribution in [3.63, 3.8) is 0 Å². The van der Waals surface area contributed by atoms with E-state index in [4.69, 9.17) is 9.47 Å². The first kappa shape index (κ1) is 13.8. The van der Waals surface area contributed by atoms with Gasteiger partial charge in [0.25, 0.3) is 0 Å². The van der Waals surface area contributed by atoms with Crippen LogP contribution >= 0.6 is 15.9 Å². The fraction of sp³-hybridized carbons (Fsp3) is 0.143. The molecule has 2 aromatic carbocycles. The van der Waals surface area contributed by atoms with Crippen molar-refractivity contribution >= 4 is 15.9 Å². The Hall–Kier alpha value is -1.62. The molecule has 0 N–H and O–H groups in total. The van der Waals surface area contributed by atoms with Crippen molar-refractivity contribution in [2.75, 3.05) is 7.11 Å². The largest absolute Gasteiger partial charge is 0.497 e. The molecule has 0 bridgehead atoms. The van der Waals surface area contributed by atoms with Crippen molar-refractivity contribution in [3.05, 3.63) is 58.1 Å². The van der Waals surface area contributed by atoms with Crippen molar-refractivity contribution in [2.24, 2.45) is 0 Å². The van der Waals surface area contributed by atoms with Crippen LogP contribution in [-0.2, 0) is 6.61 Å². The molecular weight excluding hydrogens is 318 g/mol. The van der Waals surface area contributed by atoms with Crippen LogP contribution in [0.2, 0.25) is 0 Å². The quantitative estimate of drug-likeness (QED) is 0.832. The molecule has 0 unspecified atom stereocenters. The molecule has 0 saturated heterocycles. The molecule has 0 amide bonds. The maximum atomic E-state index is 13.7. The molecular formula is C14H11BrF2O2. The first-order valence-corrected chi connectivity index (χ1v) is 6.29. The summed E-state index contributed by atoms with van der Waals surface area (Å²) < 4.78 is 37.6. The van der Waals surface area contributed by atoms with Gasteiger partial charge in [0.2, 0.25) is 0 Å². The third kappa shape index (κ3) is 3.44. The second-order valence-electron chi connectivity index (χ2n) is 3.82. The van der Waals surface area contributed by atoms with Gasteiger partial charge in [-0.3, -0.25) is 0 Å². The van der Waals surface area contributed by atoms with E-state index in [1.165, 1.54) is 31.4 Å². The van der Waals surface area contributed by atoms with Gasteiger partial charge in [0.15, 0.2) is 0 Å². The van der Waals surface area contributed by atoms with Crippen LogP contribution in [0.15, 0.2) is 40.9 Å². The van der Waals surface area contributed by atoms with Gasteiger partial charge in [-0.05, 0) is 40.2 Å². The Morgan fingerprint density at radius 1 is 1.11 bits per heavy atom. The van der Waals surface area contributed by atoms with Gasteiger partial charge in [0, 0.05) is 17.7 Å². The smallest absolute Gasteiger partial charge is 0.136 e. The first-order valence-electron chi connectivity index (χ1n) is 5.50. The van der Waals surface area contributed by atoms with Crippen LogP contribution in [0.25, 0.3) is 0 Å². The molecule has 2 nitrogen and oxygen atoms in total. The number of rotatable bonds is 4. The summed E-state index contributed by atoms with van der Waals surface area (Å²) in [7, 11) is 1.47. The van der Waals surface area contributed by atoms with E-state index in [2.05, 4.69) is 15.9 Å². The topological polar surface area (TPSA) is 18.5 Å². The fourth-order valence-electron chi connectivity index (χ4n) is 1.52. The van der Waals surface area contributed by atoms with E-state index in [0.717, 1.165) is 0 Å². The average Bonchev–Trinajstić information content (AvgIpc) is 2.40. The molecule has 0 atom stereocenters. The van der Waals surface area contributed by atoms with E-state index in [-0.39, 0.29) is 6.61 Å². The van der Waals surface area contributed by atoms with Crippen LogP contribution in [0.3, 0.4) is 0 Å². The fourth-order valence-corrected chi connectivity index (χ4v) is 1.88. The lowest BCUT2D eigenvalue weighted by Gasteiger charge is -2.09. The van der Waals surface area contributed by atoms with E-state index in [0.29, 0.717) is 21.5 Å². The van der Waals surface area contributed by atoms with Gasteiger partial charge < -0.3 is 9.47 Å². The van der Waals surface area contributed by atoms with E-state index >= 15 is 0 Å². The van der Waals surface area contributed by atoms with Gasteiger partial charge in [0.05, 0.1) is 11.6 Å². The van der Waals surface area contributed by atoms with Gasteiger partial charge in [-0.2, -0.15) is 0 Å². The third-order valence-electron chi connectivity index (χ3n) is 2.54. The van der Waals surface area contributed by atoms with Gasteiger partial charge in [-0.1, -0.05) is 0 Å². The third-order valence-corrected chi connectivity index (χ3v) is 3.19. The summed E-state index contributed by atoms with van der Waals surface area (Å²) in [5.41, 5.74) is 0.372. The lowest BCUT2D eigenvalue weighted by Crippen LogP contribution is -2.00. The molecule has 0 aliphatic rings. The summed E-state index contributed by atoms with van der Waals surface area (Å²) >= 11 is 3.24. The van der Waals surface area contributed by atoms with Gasteiger partial charge in [-0.25, -0.2) is 8.78 Å². The highest BCUT2D eigenvalue weighted by Crippen LogP contribution is 2.27. The van der Waals surface area contributed by atoms with Crippen molar-refractivity contribution in [1.29, 1.82) is 0 Å². The molecule has 0 aliphatic carbocycles. The average molecular weight is 329 g/mol. The maximum Gasteiger partial charge on any atom is 0.136 e. The number of halogens is 3. The van der Waals surface area contributed by atoms with E-state index in [9.17, 15) is 8.78 Å². The highest BCUT2D eigenvalue weighted by Gasteiger charge is 2.07. The number of benzene rings is 2. The Morgan fingerprint density at radius 3 is 2.58 bits per heavy atom. The lowest BCUT2D eigenvalue weighted by molar-refractivity contribution is 0.296. The minimum Gasteiger partial charge on any atom is -0.497 e. The van der Waals surface area contributed by atoms with Crippen molar-refractivity contribution in [2.45, 2.75) is 6.61 Å². The Morgan fingerprint density at radius 2 is 1.89 bits per heavy atom. The zero-order valence-electron chi connectivity index (χ0n) is 10.1. The second-order valence-corrected chi connectivity index (χ2v) is 4.68.